The fraction of sp³-hybridized carbons (Fsp3) is 0.795. The number of carbonyl (C=O) groups excluding carboxylic acids is 1. The highest BCUT2D eigenvalue weighted by Gasteiger charge is 2.15. The molecule has 0 saturated carbocycles. The summed E-state index contributed by atoms with van der Waals surface area (Å²) in [7, 11) is 0. The fourth-order valence-electron chi connectivity index (χ4n) is 5.79. The number of nitrogens with zero attached hydrogens (tertiary/aromatic N) is 1. The number of unbranched alkanes of at least 4 members (excludes halogenated alkanes) is 18. The first-order chi connectivity index (χ1) is 23.4. The van der Waals surface area contributed by atoms with Crippen LogP contribution in [0.15, 0.2) is 48.6 Å². The number of nitrogens with one attached hydrogen (secondary N) is 1. The summed E-state index contributed by atoms with van der Waals surface area (Å²) in [5, 5.41) is 2.94. The van der Waals surface area contributed by atoms with Crippen molar-refractivity contribution in [1.29, 1.82) is 0 Å². The minimum Gasteiger partial charge on any atom is -0.444 e. The molecular weight excluding hydrogens is 588 g/mol. The molecule has 4 nitrogen and oxygen atoms in total. The van der Waals surface area contributed by atoms with E-state index in [9.17, 15) is 4.79 Å². The average Bonchev–Trinajstić information content (AvgIpc) is 3.05. The number of ether oxygens (including phenoxy) is 1. The zero-order valence-corrected chi connectivity index (χ0v) is 32.9. The van der Waals surface area contributed by atoms with Crippen LogP contribution in [0, 0.1) is 0 Å². The van der Waals surface area contributed by atoms with Gasteiger partial charge in [-0.25, -0.2) is 4.79 Å². The van der Waals surface area contributed by atoms with Gasteiger partial charge in [-0.1, -0.05) is 140 Å². The highest BCUT2D eigenvalue weighted by Crippen LogP contribution is 2.12. The van der Waals surface area contributed by atoms with Gasteiger partial charge in [0.05, 0.1) is 0 Å². The lowest BCUT2D eigenvalue weighted by atomic mass is 10.1. The average molecular weight is 671 g/mol. The zero-order valence-electron chi connectivity index (χ0n) is 32.9. The van der Waals surface area contributed by atoms with Crippen molar-refractivity contribution in [3.8, 4) is 0 Å². The van der Waals surface area contributed by atoms with Crippen molar-refractivity contribution < 1.29 is 9.53 Å². The molecule has 280 valence electrons. The summed E-state index contributed by atoms with van der Waals surface area (Å²) < 4.78 is 5.40. The summed E-state index contributed by atoms with van der Waals surface area (Å²) in [6, 6.07) is 0. The Bertz CT molecular complexity index is 744. The predicted molar refractivity (Wildman–Crippen MR) is 214 cm³/mol. The highest BCUT2D eigenvalue weighted by molar-refractivity contribution is 5.67. The third kappa shape index (κ3) is 38.6. The Labute approximate surface area is 300 Å². The Morgan fingerprint density at radius 1 is 0.500 bits per heavy atom. The Morgan fingerprint density at radius 3 is 1.25 bits per heavy atom. The minimum absolute atomic E-state index is 0.302. The predicted octanol–water partition coefficient (Wildman–Crippen LogP) is 13.8. The second-order valence-corrected chi connectivity index (χ2v) is 14.8. The van der Waals surface area contributed by atoms with Gasteiger partial charge in [0, 0.05) is 6.54 Å². The van der Waals surface area contributed by atoms with E-state index in [1.165, 1.54) is 154 Å². The fourth-order valence-corrected chi connectivity index (χ4v) is 5.79. The molecule has 0 aliphatic rings. The molecule has 1 amide bonds. The van der Waals surface area contributed by atoms with Crippen molar-refractivity contribution in [2.24, 2.45) is 0 Å². The summed E-state index contributed by atoms with van der Waals surface area (Å²) >= 11 is 0. The molecule has 48 heavy (non-hydrogen) atoms. The molecule has 0 aromatic rings. The number of amides is 1. The van der Waals surface area contributed by atoms with Crippen LogP contribution in [0.5, 0.6) is 0 Å². The van der Waals surface area contributed by atoms with Gasteiger partial charge in [0.15, 0.2) is 0 Å². The van der Waals surface area contributed by atoms with Crippen LogP contribution in [-0.2, 0) is 4.74 Å². The normalized spacial score (nSPS) is 12.5. The van der Waals surface area contributed by atoms with E-state index in [4.69, 9.17) is 4.74 Å². The summed E-state index contributed by atoms with van der Waals surface area (Å²) in [6.45, 7) is 14.4. The van der Waals surface area contributed by atoms with Crippen LogP contribution in [-0.4, -0.2) is 42.8 Å². The third-order valence-electron chi connectivity index (χ3n) is 8.67. The molecule has 0 rings (SSSR count). The van der Waals surface area contributed by atoms with Gasteiger partial charge in [-0.2, -0.15) is 0 Å². The maximum absolute atomic E-state index is 12.0. The minimum atomic E-state index is -0.445. The monoisotopic (exact) mass is 671 g/mol. The topological polar surface area (TPSA) is 41.6 Å². The lowest BCUT2D eigenvalue weighted by Crippen LogP contribution is -2.35. The molecule has 0 aromatic carbocycles. The molecular formula is C44H82N2O2. The Hall–Kier alpha value is -1.81. The Morgan fingerprint density at radius 2 is 0.854 bits per heavy atom. The second kappa shape index (κ2) is 36.5. The highest BCUT2D eigenvalue weighted by atomic mass is 16.6. The molecule has 0 atom stereocenters. The van der Waals surface area contributed by atoms with Gasteiger partial charge in [-0.15, -0.1) is 0 Å². The Kier molecular flexibility index (Phi) is 35.1. The first-order valence-corrected chi connectivity index (χ1v) is 20.7. The van der Waals surface area contributed by atoms with Gasteiger partial charge >= 0.3 is 6.09 Å². The summed E-state index contributed by atoms with van der Waals surface area (Å²) in [5.41, 5.74) is -0.445. The number of rotatable bonds is 34. The molecule has 0 unspecified atom stereocenters. The van der Waals surface area contributed by atoms with Gasteiger partial charge in [0.1, 0.15) is 5.60 Å². The second-order valence-electron chi connectivity index (χ2n) is 14.8. The zero-order chi connectivity index (χ0) is 35.2. The van der Waals surface area contributed by atoms with E-state index in [0.717, 1.165) is 25.8 Å². The van der Waals surface area contributed by atoms with E-state index in [2.05, 4.69) is 72.7 Å². The molecule has 0 aliphatic carbocycles. The first-order valence-electron chi connectivity index (χ1n) is 20.7. The van der Waals surface area contributed by atoms with E-state index in [1.807, 2.05) is 20.8 Å². The first kappa shape index (κ1) is 46.2. The van der Waals surface area contributed by atoms with Gasteiger partial charge in [0.25, 0.3) is 0 Å². The molecule has 0 aliphatic heterocycles. The van der Waals surface area contributed by atoms with Crippen molar-refractivity contribution >= 4 is 6.09 Å². The number of hydrogen-bond acceptors (Lipinski definition) is 3. The lowest BCUT2D eigenvalue weighted by Gasteiger charge is -2.23. The van der Waals surface area contributed by atoms with Crippen molar-refractivity contribution in [1.82, 2.24) is 10.2 Å². The smallest absolute Gasteiger partial charge is 0.407 e. The van der Waals surface area contributed by atoms with Crippen LogP contribution in [0.3, 0.4) is 0 Å². The number of carbonyl (C=O) groups is 1. The molecule has 0 heterocycles. The quantitative estimate of drug-likeness (QED) is 0.0547. The van der Waals surface area contributed by atoms with E-state index < -0.39 is 5.60 Å². The van der Waals surface area contributed by atoms with E-state index in [-0.39, 0.29) is 6.09 Å². The standard InChI is InChI=1S/C44H82N2O2/c1-6-8-10-12-14-16-18-20-22-24-26-28-30-32-34-36-40-46(42-38-39-45-43(47)48-44(3,4)5)41-37-35-33-31-29-27-25-23-21-19-17-15-13-11-9-7-2/h14-17,20-23H,6-13,18-19,24-42H2,1-5H3,(H,45,47)/b16-14+,17-15+,22-20+,23-21+. The molecule has 0 radical (unpaired) electrons. The van der Waals surface area contributed by atoms with Crippen LogP contribution >= 0.6 is 0 Å². The summed E-state index contributed by atoms with van der Waals surface area (Å²) in [4.78, 5) is 14.7. The molecule has 1 N–H and O–H groups in total. The van der Waals surface area contributed by atoms with Gasteiger partial charge in [0.2, 0.25) is 0 Å². The molecule has 0 fully saturated rings. The lowest BCUT2D eigenvalue weighted by molar-refractivity contribution is 0.0525. The summed E-state index contributed by atoms with van der Waals surface area (Å²) in [5.74, 6) is 0. The van der Waals surface area contributed by atoms with Crippen LogP contribution in [0.2, 0.25) is 0 Å². The molecule has 0 saturated heterocycles. The van der Waals surface area contributed by atoms with Crippen LogP contribution < -0.4 is 5.32 Å². The molecule has 4 heteroatoms. The molecule has 0 aromatic heterocycles. The van der Waals surface area contributed by atoms with Gasteiger partial charge in [-0.05, 0) is 124 Å². The van der Waals surface area contributed by atoms with E-state index in [0.29, 0.717) is 6.54 Å². The summed E-state index contributed by atoms with van der Waals surface area (Å²) in [6.07, 6.45) is 50.5. The maximum Gasteiger partial charge on any atom is 0.407 e. The number of allylic oxidation sites excluding steroid dienone is 8. The SMILES string of the molecule is CCCCC/C=C/C/C=C/CCCCCCCCN(CCCCCCCC/C=C/C/C=C/CCCCC)CCCNC(=O)OC(C)(C)C. The van der Waals surface area contributed by atoms with E-state index >= 15 is 0 Å². The van der Waals surface area contributed by atoms with Crippen molar-refractivity contribution in [2.75, 3.05) is 26.2 Å². The number of alkyl carbamates (subject to hydrolysis) is 1. The Balaban J connectivity index is 4.09. The van der Waals surface area contributed by atoms with Gasteiger partial charge in [-0.3, -0.25) is 0 Å². The van der Waals surface area contributed by atoms with Crippen molar-refractivity contribution in [2.45, 2.75) is 201 Å². The van der Waals surface area contributed by atoms with Gasteiger partial charge < -0.3 is 15.0 Å². The molecule has 0 bridgehead atoms. The van der Waals surface area contributed by atoms with Crippen LogP contribution in [0.25, 0.3) is 0 Å². The third-order valence-corrected chi connectivity index (χ3v) is 8.67. The molecule has 0 spiro atoms. The van der Waals surface area contributed by atoms with Crippen molar-refractivity contribution in [3.63, 3.8) is 0 Å². The number of hydrogen-bond donors (Lipinski definition) is 1. The van der Waals surface area contributed by atoms with E-state index in [1.54, 1.807) is 0 Å². The van der Waals surface area contributed by atoms with Crippen molar-refractivity contribution in [3.05, 3.63) is 48.6 Å². The maximum atomic E-state index is 12.0. The van der Waals surface area contributed by atoms with Crippen LogP contribution in [0.4, 0.5) is 4.79 Å². The largest absolute Gasteiger partial charge is 0.444 e. The van der Waals surface area contributed by atoms with Crippen LogP contribution in [0.1, 0.15) is 195 Å².